The highest BCUT2D eigenvalue weighted by Gasteiger charge is 2.14. The van der Waals surface area contributed by atoms with Gasteiger partial charge in [0.1, 0.15) is 0 Å². The lowest BCUT2D eigenvalue weighted by atomic mass is 10.2. The lowest BCUT2D eigenvalue weighted by Crippen LogP contribution is -2.19. The maximum Gasteiger partial charge on any atom is 0.308 e. The second-order valence-electron chi connectivity index (χ2n) is 4.26. The largest absolute Gasteiger partial charge is 0.481 e. The number of nitrogens with zero attached hydrogens (tertiary/aromatic N) is 1. The standard InChI is InChI=1S/C13H14N2O3/c1-8-3-5-10(6-4-8)15-13(18)11(7-12(16)17)9(2)14-15/h3-6,14H,7H2,1-2H3,(H,16,17). The number of rotatable bonds is 3. The number of benzene rings is 1. The number of hydrogen-bond donors (Lipinski definition) is 2. The first-order chi connectivity index (χ1) is 8.49. The molecule has 1 heterocycles. The molecule has 0 spiro atoms. The van der Waals surface area contributed by atoms with Crippen LogP contribution in [0.15, 0.2) is 29.1 Å². The zero-order chi connectivity index (χ0) is 13.3. The Morgan fingerprint density at radius 1 is 1.28 bits per heavy atom. The van der Waals surface area contributed by atoms with Crippen LogP contribution >= 0.6 is 0 Å². The van der Waals surface area contributed by atoms with Crippen molar-refractivity contribution < 1.29 is 9.90 Å². The average Bonchev–Trinajstić information content (AvgIpc) is 2.58. The third-order valence-corrected chi connectivity index (χ3v) is 2.81. The molecular weight excluding hydrogens is 232 g/mol. The Hall–Kier alpha value is -2.30. The van der Waals surface area contributed by atoms with Crippen molar-refractivity contribution in [1.82, 2.24) is 9.78 Å². The van der Waals surface area contributed by atoms with Crippen LogP contribution in [0, 0.1) is 13.8 Å². The maximum atomic E-state index is 12.1. The van der Waals surface area contributed by atoms with Crippen LogP contribution in [0.4, 0.5) is 0 Å². The number of aliphatic carboxylic acids is 1. The molecule has 2 rings (SSSR count). The van der Waals surface area contributed by atoms with Gasteiger partial charge in [-0.1, -0.05) is 17.7 Å². The SMILES string of the molecule is Cc1ccc(-n2[nH]c(C)c(CC(=O)O)c2=O)cc1. The first-order valence-electron chi connectivity index (χ1n) is 5.58. The van der Waals surface area contributed by atoms with Crippen LogP contribution in [0.3, 0.4) is 0 Å². The van der Waals surface area contributed by atoms with Crippen molar-refractivity contribution in [3.05, 3.63) is 51.4 Å². The summed E-state index contributed by atoms with van der Waals surface area (Å²) in [6.45, 7) is 3.66. The van der Waals surface area contributed by atoms with E-state index in [9.17, 15) is 9.59 Å². The highest BCUT2D eigenvalue weighted by atomic mass is 16.4. The Morgan fingerprint density at radius 3 is 2.44 bits per heavy atom. The molecule has 2 aromatic rings. The summed E-state index contributed by atoms with van der Waals surface area (Å²) in [6.07, 6.45) is -0.264. The van der Waals surface area contributed by atoms with Gasteiger partial charge in [0.15, 0.2) is 0 Å². The fourth-order valence-electron chi connectivity index (χ4n) is 1.82. The van der Waals surface area contributed by atoms with Gasteiger partial charge in [-0.2, -0.15) is 0 Å². The maximum absolute atomic E-state index is 12.1. The normalized spacial score (nSPS) is 10.6. The number of aryl methyl sites for hydroxylation is 2. The lowest BCUT2D eigenvalue weighted by molar-refractivity contribution is -0.136. The van der Waals surface area contributed by atoms with E-state index in [0.29, 0.717) is 16.9 Å². The van der Waals surface area contributed by atoms with E-state index >= 15 is 0 Å². The number of aromatic nitrogens is 2. The van der Waals surface area contributed by atoms with Crippen molar-refractivity contribution in [1.29, 1.82) is 0 Å². The van der Waals surface area contributed by atoms with Gasteiger partial charge >= 0.3 is 5.97 Å². The molecule has 0 fully saturated rings. The van der Waals surface area contributed by atoms with Crippen LogP contribution in [-0.4, -0.2) is 20.9 Å². The molecule has 0 aliphatic heterocycles. The summed E-state index contributed by atoms with van der Waals surface area (Å²) in [7, 11) is 0. The summed E-state index contributed by atoms with van der Waals surface area (Å²) in [6, 6.07) is 7.43. The quantitative estimate of drug-likeness (QED) is 0.859. The van der Waals surface area contributed by atoms with Gasteiger partial charge in [0.05, 0.1) is 17.7 Å². The molecule has 5 nitrogen and oxygen atoms in total. The molecule has 0 radical (unpaired) electrons. The molecule has 2 N–H and O–H groups in total. The molecular formula is C13H14N2O3. The van der Waals surface area contributed by atoms with Crippen molar-refractivity contribution in [3.63, 3.8) is 0 Å². The Kier molecular flexibility index (Phi) is 3.06. The van der Waals surface area contributed by atoms with Gasteiger partial charge < -0.3 is 5.11 Å². The van der Waals surface area contributed by atoms with Crippen LogP contribution in [-0.2, 0) is 11.2 Å². The molecule has 5 heteroatoms. The number of hydrogen-bond acceptors (Lipinski definition) is 2. The van der Waals surface area contributed by atoms with Crippen molar-refractivity contribution in [2.24, 2.45) is 0 Å². The highest BCUT2D eigenvalue weighted by Crippen LogP contribution is 2.09. The molecule has 18 heavy (non-hydrogen) atoms. The fourth-order valence-corrected chi connectivity index (χ4v) is 1.82. The molecule has 94 valence electrons. The molecule has 0 amide bonds. The van der Waals surface area contributed by atoms with Crippen molar-refractivity contribution in [3.8, 4) is 5.69 Å². The summed E-state index contributed by atoms with van der Waals surface area (Å²) in [5.41, 5.74) is 2.37. The minimum Gasteiger partial charge on any atom is -0.481 e. The number of carbonyl (C=O) groups is 1. The van der Waals surface area contributed by atoms with Crippen molar-refractivity contribution >= 4 is 5.97 Å². The molecule has 0 bridgehead atoms. The lowest BCUT2D eigenvalue weighted by Gasteiger charge is -2.01. The van der Waals surface area contributed by atoms with Gasteiger partial charge in [-0.05, 0) is 26.0 Å². The van der Waals surface area contributed by atoms with Crippen molar-refractivity contribution in [2.45, 2.75) is 20.3 Å². The summed E-state index contributed by atoms with van der Waals surface area (Å²) in [5, 5.41) is 11.7. The zero-order valence-electron chi connectivity index (χ0n) is 10.2. The number of H-pyrrole nitrogens is 1. The first-order valence-corrected chi connectivity index (χ1v) is 5.58. The van der Waals surface area contributed by atoms with E-state index in [1.54, 1.807) is 6.92 Å². The first kappa shape index (κ1) is 12.2. The van der Waals surface area contributed by atoms with Crippen LogP contribution in [0.2, 0.25) is 0 Å². The van der Waals surface area contributed by atoms with E-state index < -0.39 is 5.97 Å². The topological polar surface area (TPSA) is 75.1 Å². The van der Waals surface area contributed by atoms with Gasteiger partial charge in [-0.15, -0.1) is 0 Å². The Labute approximate surface area is 104 Å². The predicted molar refractivity (Wildman–Crippen MR) is 67.2 cm³/mol. The highest BCUT2D eigenvalue weighted by molar-refractivity contribution is 5.70. The Morgan fingerprint density at radius 2 is 1.89 bits per heavy atom. The fraction of sp³-hybridized carbons (Fsp3) is 0.231. The summed E-state index contributed by atoms with van der Waals surface area (Å²) >= 11 is 0. The van der Waals surface area contributed by atoms with E-state index in [1.807, 2.05) is 31.2 Å². The number of aromatic amines is 1. The van der Waals surface area contributed by atoms with E-state index in [0.717, 1.165) is 5.56 Å². The van der Waals surface area contributed by atoms with Crippen LogP contribution in [0.25, 0.3) is 5.69 Å². The van der Waals surface area contributed by atoms with E-state index in [-0.39, 0.29) is 12.0 Å². The third-order valence-electron chi connectivity index (χ3n) is 2.81. The third kappa shape index (κ3) is 2.20. The number of carboxylic acids is 1. The number of carboxylic acid groups (broad SMARTS) is 1. The van der Waals surface area contributed by atoms with E-state index in [1.165, 1.54) is 4.68 Å². The minimum absolute atomic E-state index is 0.264. The Bertz CT molecular complexity index is 635. The summed E-state index contributed by atoms with van der Waals surface area (Å²) < 4.78 is 1.37. The molecule has 0 saturated carbocycles. The van der Waals surface area contributed by atoms with Gasteiger partial charge in [0.2, 0.25) is 0 Å². The van der Waals surface area contributed by atoms with Crippen molar-refractivity contribution in [2.75, 3.05) is 0 Å². The summed E-state index contributed by atoms with van der Waals surface area (Å²) in [5.74, 6) is -1.01. The smallest absolute Gasteiger partial charge is 0.308 e. The number of nitrogens with one attached hydrogen (secondary N) is 1. The van der Waals surface area contributed by atoms with Crippen LogP contribution in [0.5, 0.6) is 0 Å². The van der Waals surface area contributed by atoms with Gasteiger partial charge in [0.25, 0.3) is 5.56 Å². The summed E-state index contributed by atoms with van der Waals surface area (Å²) in [4.78, 5) is 22.8. The second-order valence-corrected chi connectivity index (χ2v) is 4.26. The van der Waals surface area contributed by atoms with Gasteiger partial charge in [0, 0.05) is 5.69 Å². The molecule has 0 aliphatic rings. The molecule has 1 aromatic heterocycles. The van der Waals surface area contributed by atoms with Crippen LogP contribution in [0.1, 0.15) is 16.8 Å². The second kappa shape index (κ2) is 4.52. The monoisotopic (exact) mass is 246 g/mol. The van der Waals surface area contributed by atoms with Crippen LogP contribution < -0.4 is 5.56 Å². The van der Waals surface area contributed by atoms with E-state index in [2.05, 4.69) is 5.10 Å². The average molecular weight is 246 g/mol. The molecule has 0 atom stereocenters. The molecule has 0 saturated heterocycles. The van der Waals surface area contributed by atoms with Gasteiger partial charge in [-0.25, -0.2) is 4.68 Å². The van der Waals surface area contributed by atoms with Gasteiger partial charge in [-0.3, -0.25) is 14.7 Å². The molecule has 0 unspecified atom stereocenters. The molecule has 0 aliphatic carbocycles. The minimum atomic E-state index is -1.01. The Balaban J connectivity index is 2.50. The molecule has 1 aromatic carbocycles. The predicted octanol–water partition coefficient (Wildman–Crippen LogP) is 1.41. The van der Waals surface area contributed by atoms with E-state index in [4.69, 9.17) is 5.11 Å². The zero-order valence-corrected chi connectivity index (χ0v) is 10.2.